The molecule has 0 unspecified atom stereocenters. The van der Waals surface area contributed by atoms with E-state index in [0.29, 0.717) is 0 Å². The highest BCUT2D eigenvalue weighted by atomic mass is 15.3. The molecule has 3 heterocycles. The zero-order valence-corrected chi connectivity index (χ0v) is 8.20. The second-order valence-electron chi connectivity index (χ2n) is 3.37. The van der Waals surface area contributed by atoms with Gasteiger partial charge in [-0.15, -0.1) is 0 Å². The molecule has 0 radical (unpaired) electrons. The van der Waals surface area contributed by atoms with E-state index in [9.17, 15) is 0 Å². The van der Waals surface area contributed by atoms with E-state index in [2.05, 4.69) is 15.2 Å². The molecule has 0 aromatic carbocycles. The summed E-state index contributed by atoms with van der Waals surface area (Å²) >= 11 is 0. The van der Waals surface area contributed by atoms with E-state index >= 15 is 0 Å². The first-order valence-corrected chi connectivity index (χ1v) is 4.64. The number of nitrogens with zero attached hydrogens (tertiary/aromatic N) is 5. The summed E-state index contributed by atoms with van der Waals surface area (Å²) in [5.74, 6) is 0.795. The number of hydrogen-bond acceptors (Lipinski definition) is 3. The van der Waals surface area contributed by atoms with Gasteiger partial charge < -0.3 is 0 Å². The van der Waals surface area contributed by atoms with Gasteiger partial charge in [0.15, 0.2) is 5.82 Å². The summed E-state index contributed by atoms with van der Waals surface area (Å²) < 4.78 is 3.53. The van der Waals surface area contributed by atoms with Crippen LogP contribution in [0.2, 0.25) is 0 Å². The van der Waals surface area contributed by atoms with Gasteiger partial charge in [-0.05, 0) is 18.6 Å². The molecule has 0 aliphatic rings. The van der Waals surface area contributed by atoms with Crippen LogP contribution in [0.4, 0.5) is 0 Å². The maximum absolute atomic E-state index is 4.30. The van der Waals surface area contributed by atoms with Crippen molar-refractivity contribution in [1.82, 2.24) is 24.4 Å². The zero-order valence-electron chi connectivity index (χ0n) is 8.20. The van der Waals surface area contributed by atoms with Gasteiger partial charge in [0.25, 0.3) is 0 Å². The molecule has 0 saturated heterocycles. The minimum atomic E-state index is 0.795. The van der Waals surface area contributed by atoms with Gasteiger partial charge in [0, 0.05) is 18.6 Å². The first-order chi connectivity index (χ1) is 7.34. The fraction of sp³-hybridized carbons (Fsp3) is 0.100. The van der Waals surface area contributed by atoms with Gasteiger partial charge >= 0.3 is 0 Å². The summed E-state index contributed by atoms with van der Waals surface area (Å²) in [7, 11) is 0. The van der Waals surface area contributed by atoms with Gasteiger partial charge in [-0.2, -0.15) is 10.2 Å². The molecule has 0 fully saturated rings. The van der Waals surface area contributed by atoms with Crippen LogP contribution in [-0.4, -0.2) is 24.4 Å². The third-order valence-corrected chi connectivity index (χ3v) is 2.23. The molecule has 15 heavy (non-hydrogen) atoms. The molecule has 0 aliphatic carbocycles. The van der Waals surface area contributed by atoms with E-state index in [1.807, 2.05) is 31.6 Å². The van der Waals surface area contributed by atoms with Crippen molar-refractivity contribution in [2.24, 2.45) is 0 Å². The molecule has 5 nitrogen and oxygen atoms in total. The largest absolute Gasteiger partial charge is 0.236 e. The highest BCUT2D eigenvalue weighted by Gasteiger charge is 2.05. The van der Waals surface area contributed by atoms with E-state index in [-0.39, 0.29) is 0 Å². The maximum Gasteiger partial charge on any atom is 0.179 e. The fourth-order valence-electron chi connectivity index (χ4n) is 1.55. The Balaban J connectivity index is 2.30. The molecule has 0 spiro atoms. The molecule has 0 aliphatic heterocycles. The lowest BCUT2D eigenvalue weighted by atomic mass is 10.4. The van der Waals surface area contributed by atoms with Crippen LogP contribution < -0.4 is 0 Å². The normalized spacial score (nSPS) is 11.0. The minimum Gasteiger partial charge on any atom is -0.236 e. The Morgan fingerprint density at radius 3 is 2.93 bits per heavy atom. The minimum absolute atomic E-state index is 0.795. The standard InChI is InChI=1S/C10H9N5/c1-8-6-13-15(7-8)10-9-2-3-12-14(9)5-4-11-10/h2-7H,1H3. The van der Waals surface area contributed by atoms with Gasteiger partial charge in [-0.3, -0.25) is 0 Å². The van der Waals surface area contributed by atoms with Crippen molar-refractivity contribution in [1.29, 1.82) is 0 Å². The van der Waals surface area contributed by atoms with Crippen molar-refractivity contribution in [3.8, 4) is 5.82 Å². The van der Waals surface area contributed by atoms with E-state index in [1.165, 1.54) is 0 Å². The average molecular weight is 199 g/mol. The molecular weight excluding hydrogens is 190 g/mol. The van der Waals surface area contributed by atoms with Gasteiger partial charge in [0.05, 0.1) is 12.4 Å². The second kappa shape index (κ2) is 2.91. The van der Waals surface area contributed by atoms with Crippen LogP contribution >= 0.6 is 0 Å². The van der Waals surface area contributed by atoms with Crippen molar-refractivity contribution >= 4 is 5.52 Å². The van der Waals surface area contributed by atoms with Crippen LogP contribution in [0.25, 0.3) is 11.3 Å². The van der Waals surface area contributed by atoms with Crippen LogP contribution in [-0.2, 0) is 0 Å². The third-order valence-electron chi connectivity index (χ3n) is 2.23. The van der Waals surface area contributed by atoms with Crippen molar-refractivity contribution < 1.29 is 0 Å². The van der Waals surface area contributed by atoms with Crippen LogP contribution in [0, 0.1) is 6.92 Å². The van der Waals surface area contributed by atoms with Gasteiger partial charge in [0.2, 0.25) is 0 Å². The number of aryl methyl sites for hydroxylation is 1. The summed E-state index contributed by atoms with van der Waals surface area (Å²) in [5, 5.41) is 8.38. The quantitative estimate of drug-likeness (QED) is 0.592. The van der Waals surface area contributed by atoms with Gasteiger partial charge in [0.1, 0.15) is 5.52 Å². The SMILES string of the molecule is Cc1cnn(-c2nccn3nccc23)c1. The van der Waals surface area contributed by atoms with Crippen molar-refractivity contribution in [3.63, 3.8) is 0 Å². The van der Waals surface area contributed by atoms with Crippen molar-refractivity contribution in [2.75, 3.05) is 0 Å². The highest BCUT2D eigenvalue weighted by molar-refractivity contribution is 5.59. The monoisotopic (exact) mass is 199 g/mol. The smallest absolute Gasteiger partial charge is 0.179 e. The fourth-order valence-corrected chi connectivity index (χ4v) is 1.55. The van der Waals surface area contributed by atoms with Crippen molar-refractivity contribution in [2.45, 2.75) is 6.92 Å². The molecule has 5 heteroatoms. The van der Waals surface area contributed by atoms with Crippen LogP contribution in [0.15, 0.2) is 37.1 Å². The summed E-state index contributed by atoms with van der Waals surface area (Å²) in [6.45, 7) is 2.00. The highest BCUT2D eigenvalue weighted by Crippen LogP contribution is 2.11. The molecular formula is C10H9N5. The Morgan fingerprint density at radius 1 is 1.20 bits per heavy atom. The van der Waals surface area contributed by atoms with Crippen LogP contribution in [0.5, 0.6) is 0 Å². The first kappa shape index (κ1) is 8.16. The summed E-state index contributed by atoms with van der Waals surface area (Å²) in [5.41, 5.74) is 2.05. The predicted octanol–water partition coefficient (Wildman–Crippen LogP) is 1.22. The zero-order chi connectivity index (χ0) is 10.3. The van der Waals surface area contributed by atoms with Gasteiger partial charge in [-0.25, -0.2) is 14.2 Å². The molecule has 0 amide bonds. The molecule has 3 aromatic heterocycles. The molecule has 0 bridgehead atoms. The molecule has 0 atom stereocenters. The number of hydrogen-bond donors (Lipinski definition) is 0. The van der Waals surface area contributed by atoms with Crippen molar-refractivity contribution in [3.05, 3.63) is 42.6 Å². The Bertz CT molecular complexity index is 607. The Kier molecular flexibility index (Phi) is 1.58. The number of aromatic nitrogens is 5. The summed E-state index contributed by atoms with van der Waals surface area (Å²) in [6, 6.07) is 1.92. The topological polar surface area (TPSA) is 48.0 Å². The third kappa shape index (κ3) is 1.20. The maximum atomic E-state index is 4.30. The lowest BCUT2D eigenvalue weighted by molar-refractivity contribution is 0.832. The molecule has 74 valence electrons. The Hall–Kier alpha value is -2.17. The van der Waals surface area contributed by atoms with Gasteiger partial charge in [-0.1, -0.05) is 0 Å². The van der Waals surface area contributed by atoms with E-state index in [0.717, 1.165) is 16.9 Å². The Labute approximate surface area is 86.0 Å². The molecule has 0 saturated carbocycles. The molecule has 3 aromatic rings. The first-order valence-electron chi connectivity index (χ1n) is 4.64. The molecule has 0 N–H and O–H groups in total. The average Bonchev–Trinajstić information content (AvgIpc) is 2.84. The number of rotatable bonds is 1. The second-order valence-corrected chi connectivity index (χ2v) is 3.37. The predicted molar refractivity (Wildman–Crippen MR) is 54.8 cm³/mol. The van der Waals surface area contributed by atoms with E-state index < -0.39 is 0 Å². The Morgan fingerprint density at radius 2 is 2.13 bits per heavy atom. The summed E-state index contributed by atoms with van der Waals surface area (Å²) in [4.78, 5) is 4.30. The number of fused-ring (bicyclic) bond motifs is 1. The lowest BCUT2D eigenvalue weighted by Crippen LogP contribution is -2.01. The summed E-state index contributed by atoms with van der Waals surface area (Å²) in [6.07, 6.45) is 9.02. The lowest BCUT2D eigenvalue weighted by Gasteiger charge is -2.01. The van der Waals surface area contributed by atoms with E-state index in [4.69, 9.17) is 0 Å². The molecule has 3 rings (SSSR count). The van der Waals surface area contributed by atoms with Crippen LogP contribution in [0.3, 0.4) is 0 Å². The van der Waals surface area contributed by atoms with Crippen LogP contribution in [0.1, 0.15) is 5.56 Å². The van der Waals surface area contributed by atoms with E-state index in [1.54, 1.807) is 21.6 Å².